The predicted octanol–water partition coefficient (Wildman–Crippen LogP) is -0.129. The molecular formula is C9H13NO4. The van der Waals surface area contributed by atoms with Crippen molar-refractivity contribution < 1.29 is 19.8 Å². The lowest BCUT2D eigenvalue weighted by Crippen LogP contribution is -2.35. The van der Waals surface area contributed by atoms with Crippen molar-refractivity contribution in [1.29, 1.82) is 0 Å². The maximum absolute atomic E-state index is 10.3. The Morgan fingerprint density at radius 1 is 1.21 bits per heavy atom. The van der Waals surface area contributed by atoms with Gasteiger partial charge >= 0.3 is 11.9 Å². The third-order valence-corrected chi connectivity index (χ3v) is 1.51. The summed E-state index contributed by atoms with van der Waals surface area (Å²) in [6.45, 7) is -0.142. The maximum Gasteiger partial charge on any atom is 0.317 e. The molecule has 14 heavy (non-hydrogen) atoms. The average Bonchev–Trinajstić information content (AvgIpc) is 2.02. The van der Waals surface area contributed by atoms with Gasteiger partial charge in [0.15, 0.2) is 0 Å². The van der Waals surface area contributed by atoms with Crippen molar-refractivity contribution >= 4 is 11.9 Å². The molecule has 0 aromatic carbocycles. The lowest BCUT2D eigenvalue weighted by atomic mass is 10.3. The fraction of sp³-hybridized carbons (Fsp3) is 0.556. The van der Waals surface area contributed by atoms with Gasteiger partial charge in [-0.05, 0) is 6.42 Å². The number of nitrogens with zero attached hydrogens (tertiary/aromatic N) is 1. The molecule has 0 saturated carbocycles. The second-order valence-corrected chi connectivity index (χ2v) is 2.81. The Balaban J connectivity index is 3.91. The molecule has 0 aliphatic rings. The van der Waals surface area contributed by atoms with Crippen LogP contribution < -0.4 is 0 Å². The van der Waals surface area contributed by atoms with Crippen molar-refractivity contribution in [3.63, 3.8) is 0 Å². The standard InChI is InChI=1S/C9H13NO4/c1-2-3-4-5-10(6-8(11)12)7-9(13)14/h1H,3-7H2,(H,11,12)(H,13,14). The van der Waals surface area contributed by atoms with Gasteiger partial charge in [-0.1, -0.05) is 0 Å². The molecule has 0 rings (SSSR count). The summed E-state index contributed by atoms with van der Waals surface area (Å²) in [4.78, 5) is 22.0. The second-order valence-electron chi connectivity index (χ2n) is 2.81. The number of aliphatic carboxylic acids is 2. The summed E-state index contributed by atoms with van der Waals surface area (Å²) < 4.78 is 0. The van der Waals surface area contributed by atoms with E-state index in [0.29, 0.717) is 19.4 Å². The average molecular weight is 199 g/mol. The van der Waals surface area contributed by atoms with E-state index in [0.717, 1.165) is 0 Å². The number of unbranched alkanes of at least 4 members (excludes halogenated alkanes) is 1. The van der Waals surface area contributed by atoms with Gasteiger partial charge in [0.05, 0.1) is 13.1 Å². The molecule has 0 aromatic heterocycles. The molecule has 0 atom stereocenters. The highest BCUT2D eigenvalue weighted by molar-refractivity contribution is 5.72. The first kappa shape index (κ1) is 12.5. The summed E-state index contributed by atoms with van der Waals surface area (Å²) in [7, 11) is 0. The molecular weight excluding hydrogens is 186 g/mol. The van der Waals surface area contributed by atoms with E-state index >= 15 is 0 Å². The fourth-order valence-electron chi connectivity index (χ4n) is 1.00. The van der Waals surface area contributed by atoms with Crippen LogP contribution in [0.4, 0.5) is 0 Å². The van der Waals surface area contributed by atoms with Crippen LogP contribution in [0.1, 0.15) is 12.8 Å². The minimum Gasteiger partial charge on any atom is -0.480 e. The highest BCUT2D eigenvalue weighted by Gasteiger charge is 2.12. The van der Waals surface area contributed by atoms with Crippen molar-refractivity contribution in [3.8, 4) is 12.3 Å². The van der Waals surface area contributed by atoms with E-state index in [2.05, 4.69) is 5.92 Å². The van der Waals surface area contributed by atoms with Crippen LogP contribution in [-0.4, -0.2) is 46.7 Å². The molecule has 0 heterocycles. The monoisotopic (exact) mass is 199 g/mol. The number of carbonyl (C=O) groups is 2. The van der Waals surface area contributed by atoms with Crippen LogP contribution in [-0.2, 0) is 9.59 Å². The molecule has 0 aliphatic heterocycles. The fourth-order valence-corrected chi connectivity index (χ4v) is 1.00. The first-order valence-electron chi connectivity index (χ1n) is 4.15. The van der Waals surface area contributed by atoms with Crippen molar-refractivity contribution in [2.75, 3.05) is 19.6 Å². The number of terminal acetylenes is 1. The summed E-state index contributed by atoms with van der Waals surface area (Å²) in [6.07, 6.45) is 6.15. The topological polar surface area (TPSA) is 77.8 Å². The predicted molar refractivity (Wildman–Crippen MR) is 49.8 cm³/mol. The molecule has 0 unspecified atom stereocenters. The molecule has 0 saturated heterocycles. The highest BCUT2D eigenvalue weighted by atomic mass is 16.4. The van der Waals surface area contributed by atoms with Crippen molar-refractivity contribution in [2.45, 2.75) is 12.8 Å². The zero-order valence-electron chi connectivity index (χ0n) is 7.77. The third-order valence-electron chi connectivity index (χ3n) is 1.51. The SMILES string of the molecule is C#CCCCN(CC(=O)O)CC(=O)O. The number of hydrogen-bond acceptors (Lipinski definition) is 3. The zero-order chi connectivity index (χ0) is 11.0. The lowest BCUT2D eigenvalue weighted by molar-refractivity contribution is -0.141. The Morgan fingerprint density at radius 2 is 1.71 bits per heavy atom. The number of carboxylic acid groups (broad SMARTS) is 2. The Labute approximate surface area is 82.3 Å². The number of hydrogen-bond donors (Lipinski definition) is 2. The van der Waals surface area contributed by atoms with E-state index < -0.39 is 11.9 Å². The van der Waals surface area contributed by atoms with E-state index in [1.807, 2.05) is 0 Å². The van der Waals surface area contributed by atoms with Gasteiger partial charge in [0.2, 0.25) is 0 Å². The van der Waals surface area contributed by atoms with Crippen LogP contribution in [0.3, 0.4) is 0 Å². The summed E-state index contributed by atoms with van der Waals surface area (Å²) in [5.41, 5.74) is 0. The zero-order valence-corrected chi connectivity index (χ0v) is 7.77. The quantitative estimate of drug-likeness (QED) is 0.441. The van der Waals surface area contributed by atoms with E-state index in [9.17, 15) is 9.59 Å². The van der Waals surface area contributed by atoms with E-state index in [4.69, 9.17) is 16.6 Å². The smallest absolute Gasteiger partial charge is 0.317 e. The first-order chi connectivity index (χ1) is 6.56. The van der Waals surface area contributed by atoms with Crippen LogP contribution >= 0.6 is 0 Å². The van der Waals surface area contributed by atoms with Gasteiger partial charge in [-0.2, -0.15) is 0 Å². The van der Waals surface area contributed by atoms with Crippen LogP contribution in [0.25, 0.3) is 0 Å². The van der Waals surface area contributed by atoms with E-state index in [1.54, 1.807) is 0 Å². The highest BCUT2D eigenvalue weighted by Crippen LogP contribution is 1.94. The van der Waals surface area contributed by atoms with Crippen molar-refractivity contribution in [2.24, 2.45) is 0 Å². The van der Waals surface area contributed by atoms with Gasteiger partial charge < -0.3 is 10.2 Å². The Hall–Kier alpha value is -1.54. The van der Waals surface area contributed by atoms with Crippen molar-refractivity contribution in [1.82, 2.24) is 4.90 Å². The minimum absolute atomic E-state index is 0.267. The molecule has 0 fully saturated rings. The second kappa shape index (κ2) is 6.92. The molecule has 0 amide bonds. The minimum atomic E-state index is -1.04. The van der Waals surface area contributed by atoms with Gasteiger partial charge in [-0.3, -0.25) is 14.5 Å². The third kappa shape index (κ3) is 7.13. The molecule has 5 heteroatoms. The first-order valence-corrected chi connectivity index (χ1v) is 4.15. The lowest BCUT2D eigenvalue weighted by Gasteiger charge is -2.16. The molecule has 0 aromatic rings. The van der Waals surface area contributed by atoms with Gasteiger partial charge in [-0.15, -0.1) is 12.3 Å². The normalized spacial score (nSPS) is 9.71. The molecule has 0 bridgehead atoms. The Kier molecular flexibility index (Phi) is 6.16. The van der Waals surface area contributed by atoms with Gasteiger partial charge in [0.25, 0.3) is 0 Å². The Morgan fingerprint density at radius 3 is 2.07 bits per heavy atom. The molecule has 0 spiro atoms. The summed E-state index contributed by atoms with van der Waals surface area (Å²) in [5, 5.41) is 17.0. The van der Waals surface area contributed by atoms with Gasteiger partial charge in [-0.25, -0.2) is 0 Å². The number of rotatable bonds is 7. The van der Waals surface area contributed by atoms with Gasteiger partial charge in [0.1, 0.15) is 0 Å². The molecule has 5 nitrogen and oxygen atoms in total. The van der Waals surface area contributed by atoms with Gasteiger partial charge in [0, 0.05) is 13.0 Å². The summed E-state index contributed by atoms with van der Waals surface area (Å²) >= 11 is 0. The van der Waals surface area contributed by atoms with Crippen LogP contribution in [0.2, 0.25) is 0 Å². The maximum atomic E-state index is 10.3. The number of carboxylic acids is 2. The van der Waals surface area contributed by atoms with Crippen LogP contribution in [0, 0.1) is 12.3 Å². The Bertz CT molecular complexity index is 228. The molecule has 2 N–H and O–H groups in total. The van der Waals surface area contributed by atoms with Crippen LogP contribution in [0.5, 0.6) is 0 Å². The summed E-state index contributed by atoms with van der Waals surface area (Å²) in [6, 6.07) is 0. The molecule has 0 aliphatic carbocycles. The molecule has 78 valence electrons. The summed E-state index contributed by atoms with van der Waals surface area (Å²) in [5.74, 6) is 0.338. The largest absolute Gasteiger partial charge is 0.480 e. The van der Waals surface area contributed by atoms with E-state index in [-0.39, 0.29) is 13.1 Å². The van der Waals surface area contributed by atoms with Crippen LogP contribution in [0.15, 0.2) is 0 Å². The van der Waals surface area contributed by atoms with E-state index in [1.165, 1.54) is 4.90 Å². The van der Waals surface area contributed by atoms with Crippen molar-refractivity contribution in [3.05, 3.63) is 0 Å². The molecule has 0 radical (unpaired) electrons.